The van der Waals surface area contributed by atoms with E-state index in [1.165, 1.54) is 50.2 Å². The van der Waals surface area contributed by atoms with Crippen LogP contribution in [0.5, 0.6) is 0 Å². The number of rotatable bonds is 5. The van der Waals surface area contributed by atoms with Gasteiger partial charge in [0.1, 0.15) is 5.82 Å². The molecular weight excluding hydrogens is 331 g/mol. The van der Waals surface area contributed by atoms with Crippen LogP contribution in [0.3, 0.4) is 0 Å². The fraction of sp³-hybridized carbons (Fsp3) is 0.478. The summed E-state index contributed by atoms with van der Waals surface area (Å²) in [4.78, 5) is 0. The molecule has 0 saturated heterocycles. The van der Waals surface area contributed by atoms with Crippen LogP contribution in [0.25, 0.3) is 11.1 Å². The molecule has 134 valence electrons. The van der Waals surface area contributed by atoms with Crippen LogP contribution in [0, 0.1) is 17.7 Å². The summed E-state index contributed by atoms with van der Waals surface area (Å²) in [6.07, 6.45) is 8.22. The van der Waals surface area contributed by atoms with Gasteiger partial charge >= 0.3 is 0 Å². The molecule has 2 aromatic rings. The Bertz CT molecular complexity index is 684. The van der Waals surface area contributed by atoms with Crippen LogP contribution in [0.4, 0.5) is 4.39 Å². The molecule has 0 N–H and O–H groups in total. The van der Waals surface area contributed by atoms with Gasteiger partial charge in [-0.1, -0.05) is 81.5 Å². The summed E-state index contributed by atoms with van der Waals surface area (Å²) in [6.45, 7) is 4.66. The van der Waals surface area contributed by atoms with Gasteiger partial charge in [-0.25, -0.2) is 4.39 Å². The fourth-order valence-corrected chi connectivity index (χ4v) is 4.43. The van der Waals surface area contributed by atoms with Crippen molar-refractivity contribution < 1.29 is 4.39 Å². The smallest absolute Gasteiger partial charge is 0.142 e. The lowest BCUT2D eigenvalue weighted by Gasteiger charge is -2.32. The van der Waals surface area contributed by atoms with Crippen molar-refractivity contribution in [2.75, 3.05) is 0 Å². The van der Waals surface area contributed by atoms with Crippen LogP contribution < -0.4 is 0 Å². The average Bonchev–Trinajstić information content (AvgIpc) is 2.64. The van der Waals surface area contributed by atoms with Crippen LogP contribution >= 0.6 is 11.6 Å². The maximum atomic E-state index is 13.7. The third-order valence-corrected chi connectivity index (χ3v) is 6.29. The Labute approximate surface area is 156 Å². The van der Waals surface area contributed by atoms with E-state index in [1.807, 2.05) is 6.07 Å². The second-order valence-corrected chi connectivity index (χ2v) is 8.02. The van der Waals surface area contributed by atoms with Crippen molar-refractivity contribution >= 4 is 11.6 Å². The molecule has 25 heavy (non-hydrogen) atoms. The first kappa shape index (κ1) is 18.5. The Morgan fingerprint density at radius 3 is 2.24 bits per heavy atom. The third-order valence-electron chi connectivity index (χ3n) is 5.98. The minimum Gasteiger partial charge on any atom is -0.205 e. The molecule has 0 aliphatic heterocycles. The topological polar surface area (TPSA) is 0 Å². The normalized spacial score (nSPS) is 21.9. The summed E-state index contributed by atoms with van der Waals surface area (Å²) in [7, 11) is 0. The summed E-state index contributed by atoms with van der Waals surface area (Å²) >= 11 is 5.78. The van der Waals surface area contributed by atoms with Crippen molar-refractivity contribution in [2.24, 2.45) is 11.8 Å². The van der Waals surface area contributed by atoms with E-state index in [2.05, 4.69) is 38.1 Å². The van der Waals surface area contributed by atoms with Crippen molar-refractivity contribution in [1.82, 2.24) is 0 Å². The SMILES string of the molecule is CCCC1CCC(C(C)c2ccc(-c3ccc(Cl)c(F)c3)cc2)CC1. The zero-order chi connectivity index (χ0) is 17.8. The number of hydrogen-bond donors (Lipinski definition) is 0. The summed E-state index contributed by atoms with van der Waals surface area (Å²) < 4.78 is 13.7. The molecule has 1 aliphatic rings. The van der Waals surface area contributed by atoms with Gasteiger partial charge < -0.3 is 0 Å². The standard InChI is InChI=1S/C23H28ClF/c1-3-4-17-5-7-18(8-6-17)16(2)19-9-11-20(12-10-19)21-13-14-22(24)23(25)15-21/h9-18H,3-8H2,1-2H3. The monoisotopic (exact) mass is 358 g/mol. The molecule has 3 rings (SSSR count). The van der Waals surface area contributed by atoms with E-state index in [0.717, 1.165) is 23.0 Å². The molecule has 1 aliphatic carbocycles. The molecule has 0 bridgehead atoms. The quantitative estimate of drug-likeness (QED) is 0.510. The van der Waals surface area contributed by atoms with Crippen molar-refractivity contribution in [3.05, 3.63) is 58.9 Å². The predicted molar refractivity (Wildman–Crippen MR) is 106 cm³/mol. The summed E-state index contributed by atoms with van der Waals surface area (Å²) in [5, 5.41) is 0.174. The molecule has 1 saturated carbocycles. The molecule has 1 unspecified atom stereocenters. The van der Waals surface area contributed by atoms with Crippen molar-refractivity contribution in [2.45, 2.75) is 58.3 Å². The zero-order valence-electron chi connectivity index (χ0n) is 15.3. The third kappa shape index (κ3) is 4.44. The van der Waals surface area contributed by atoms with Crippen molar-refractivity contribution in [1.29, 1.82) is 0 Å². The molecule has 0 radical (unpaired) electrons. The zero-order valence-corrected chi connectivity index (χ0v) is 16.0. The molecule has 0 aromatic heterocycles. The second kappa shape index (κ2) is 8.36. The molecule has 1 atom stereocenters. The molecule has 0 amide bonds. The molecular formula is C23H28ClF. The number of benzene rings is 2. The lowest BCUT2D eigenvalue weighted by Crippen LogP contribution is -2.19. The van der Waals surface area contributed by atoms with E-state index in [9.17, 15) is 4.39 Å². The highest BCUT2D eigenvalue weighted by Crippen LogP contribution is 2.39. The van der Waals surface area contributed by atoms with E-state index in [1.54, 1.807) is 6.07 Å². The average molecular weight is 359 g/mol. The van der Waals surface area contributed by atoms with Gasteiger partial charge in [-0.3, -0.25) is 0 Å². The van der Waals surface area contributed by atoms with Gasteiger partial charge in [0, 0.05) is 0 Å². The van der Waals surface area contributed by atoms with Gasteiger partial charge in [0.15, 0.2) is 0 Å². The largest absolute Gasteiger partial charge is 0.205 e. The first-order valence-corrected chi connectivity index (χ1v) is 10.0. The van der Waals surface area contributed by atoms with Gasteiger partial charge in [0.2, 0.25) is 0 Å². The van der Waals surface area contributed by atoms with E-state index < -0.39 is 0 Å². The lowest BCUT2D eigenvalue weighted by molar-refractivity contribution is 0.239. The maximum Gasteiger partial charge on any atom is 0.142 e. The molecule has 2 aromatic carbocycles. The highest BCUT2D eigenvalue weighted by atomic mass is 35.5. The van der Waals surface area contributed by atoms with Crippen LogP contribution in [0.1, 0.15) is 63.9 Å². The lowest BCUT2D eigenvalue weighted by atomic mass is 9.73. The van der Waals surface area contributed by atoms with E-state index in [-0.39, 0.29) is 10.8 Å². The second-order valence-electron chi connectivity index (χ2n) is 7.61. The van der Waals surface area contributed by atoms with E-state index in [0.29, 0.717) is 5.92 Å². The van der Waals surface area contributed by atoms with Crippen LogP contribution in [0.15, 0.2) is 42.5 Å². The molecule has 0 spiro atoms. The summed E-state index contributed by atoms with van der Waals surface area (Å²) in [6, 6.07) is 13.6. The molecule has 1 fully saturated rings. The van der Waals surface area contributed by atoms with E-state index >= 15 is 0 Å². The molecule has 0 heterocycles. The van der Waals surface area contributed by atoms with Crippen LogP contribution in [-0.2, 0) is 0 Å². The minimum atomic E-state index is -0.361. The Hall–Kier alpha value is -1.34. The highest BCUT2D eigenvalue weighted by molar-refractivity contribution is 6.30. The molecule has 2 heteroatoms. The van der Waals surface area contributed by atoms with Gasteiger partial charge in [-0.2, -0.15) is 0 Å². The van der Waals surface area contributed by atoms with Gasteiger partial charge in [0.05, 0.1) is 5.02 Å². The predicted octanol–water partition coefficient (Wildman–Crippen LogP) is 7.86. The first-order chi connectivity index (χ1) is 12.1. The fourth-order valence-electron chi connectivity index (χ4n) is 4.31. The Kier molecular flexibility index (Phi) is 6.17. The maximum absolute atomic E-state index is 13.7. The van der Waals surface area contributed by atoms with Crippen LogP contribution in [-0.4, -0.2) is 0 Å². The minimum absolute atomic E-state index is 0.174. The van der Waals surface area contributed by atoms with E-state index in [4.69, 9.17) is 11.6 Å². The number of halogens is 2. The van der Waals surface area contributed by atoms with Crippen LogP contribution in [0.2, 0.25) is 5.02 Å². The Morgan fingerprint density at radius 1 is 1.00 bits per heavy atom. The highest BCUT2D eigenvalue weighted by Gasteiger charge is 2.25. The summed E-state index contributed by atoms with van der Waals surface area (Å²) in [5.74, 6) is 1.99. The number of hydrogen-bond acceptors (Lipinski definition) is 0. The first-order valence-electron chi connectivity index (χ1n) is 9.64. The van der Waals surface area contributed by atoms with Gasteiger partial charge in [-0.05, 0) is 59.4 Å². The van der Waals surface area contributed by atoms with Crippen molar-refractivity contribution in [3.8, 4) is 11.1 Å². The summed E-state index contributed by atoms with van der Waals surface area (Å²) in [5.41, 5.74) is 3.32. The Balaban J connectivity index is 1.66. The van der Waals surface area contributed by atoms with Gasteiger partial charge in [0.25, 0.3) is 0 Å². The Morgan fingerprint density at radius 2 is 1.64 bits per heavy atom. The van der Waals surface area contributed by atoms with Gasteiger partial charge in [-0.15, -0.1) is 0 Å². The molecule has 0 nitrogen and oxygen atoms in total. The van der Waals surface area contributed by atoms with Crippen molar-refractivity contribution in [3.63, 3.8) is 0 Å².